The SMILES string of the molecule is [S]OCO[S]. The largest absolute Gasteiger partial charge is 0.273 e. The molecule has 2 nitrogen and oxygen atoms in total. The van der Waals surface area contributed by atoms with Gasteiger partial charge in [-0.3, -0.25) is 8.37 Å². The molecule has 5 heavy (non-hydrogen) atoms. The fourth-order valence-corrected chi connectivity index (χ4v) is 0.177. The summed E-state index contributed by atoms with van der Waals surface area (Å²) < 4.78 is 7.90. The summed E-state index contributed by atoms with van der Waals surface area (Å²) >= 11 is 7.92. The van der Waals surface area contributed by atoms with E-state index < -0.39 is 0 Å². The molecule has 0 aliphatic rings. The lowest BCUT2D eigenvalue weighted by Gasteiger charge is -1.81. The van der Waals surface area contributed by atoms with Crippen molar-refractivity contribution in [2.75, 3.05) is 6.79 Å². The Morgan fingerprint density at radius 3 is 1.60 bits per heavy atom. The molecule has 30 valence electrons. The Morgan fingerprint density at radius 1 is 1.20 bits per heavy atom. The van der Waals surface area contributed by atoms with Gasteiger partial charge in [0.2, 0.25) is 0 Å². The highest BCUT2D eigenvalue weighted by molar-refractivity contribution is 7.75. The van der Waals surface area contributed by atoms with E-state index in [1.807, 2.05) is 0 Å². The molecule has 0 unspecified atom stereocenters. The van der Waals surface area contributed by atoms with Crippen molar-refractivity contribution >= 4 is 25.8 Å². The minimum absolute atomic E-state index is 0.0185. The fraction of sp³-hybridized carbons (Fsp3) is 1.00. The Bertz CT molecular complexity index is 15.1. The van der Waals surface area contributed by atoms with E-state index in [4.69, 9.17) is 0 Å². The summed E-state index contributed by atoms with van der Waals surface area (Å²) in [7, 11) is 0. The average molecular weight is 110 g/mol. The second-order valence-electron chi connectivity index (χ2n) is 0.354. The molecular formula is CH2O2S2. The highest BCUT2D eigenvalue weighted by atomic mass is 32.1. The summed E-state index contributed by atoms with van der Waals surface area (Å²) in [6, 6.07) is 0. The van der Waals surface area contributed by atoms with Crippen LogP contribution >= 0.6 is 25.8 Å². The molecule has 0 atom stereocenters. The molecule has 0 spiro atoms. The summed E-state index contributed by atoms with van der Waals surface area (Å²) in [5.41, 5.74) is 0. The molecular weight excluding hydrogens is 108 g/mol. The Morgan fingerprint density at radius 2 is 1.60 bits per heavy atom. The van der Waals surface area contributed by atoms with Gasteiger partial charge in [0.25, 0.3) is 0 Å². The van der Waals surface area contributed by atoms with Gasteiger partial charge in [-0.25, -0.2) is 0 Å². The fourth-order valence-electron chi connectivity index (χ4n) is 0.0196. The van der Waals surface area contributed by atoms with Crippen LogP contribution in [0.4, 0.5) is 0 Å². The molecule has 0 aromatic heterocycles. The van der Waals surface area contributed by atoms with Crippen LogP contribution < -0.4 is 0 Å². The predicted molar refractivity (Wildman–Crippen MR) is 22.2 cm³/mol. The Kier molecular flexibility index (Phi) is 5.19. The first-order chi connectivity index (χ1) is 2.41. The Balaban J connectivity index is 2.19. The Labute approximate surface area is 41.7 Å². The summed E-state index contributed by atoms with van der Waals surface area (Å²) in [6.45, 7) is 0.0185. The second-order valence-corrected chi connectivity index (χ2v) is 0.825. The van der Waals surface area contributed by atoms with Crippen LogP contribution in [0.2, 0.25) is 0 Å². The monoisotopic (exact) mass is 110 g/mol. The maximum atomic E-state index is 3.96. The molecule has 0 aromatic rings. The van der Waals surface area contributed by atoms with Crippen molar-refractivity contribution in [2.24, 2.45) is 0 Å². The highest BCUT2D eigenvalue weighted by Crippen LogP contribution is 1.80. The summed E-state index contributed by atoms with van der Waals surface area (Å²) in [4.78, 5) is 0. The van der Waals surface area contributed by atoms with E-state index in [1.54, 1.807) is 0 Å². The van der Waals surface area contributed by atoms with Gasteiger partial charge in [-0.2, -0.15) is 0 Å². The molecule has 0 aliphatic carbocycles. The molecule has 0 aromatic carbocycles. The van der Waals surface area contributed by atoms with Gasteiger partial charge < -0.3 is 0 Å². The van der Waals surface area contributed by atoms with Crippen molar-refractivity contribution < 1.29 is 8.37 Å². The molecule has 4 heteroatoms. The van der Waals surface area contributed by atoms with Crippen molar-refractivity contribution in [2.45, 2.75) is 0 Å². The van der Waals surface area contributed by atoms with Gasteiger partial charge in [-0.15, -0.1) is 0 Å². The lowest BCUT2D eigenvalue weighted by Crippen LogP contribution is -1.76. The van der Waals surface area contributed by atoms with Gasteiger partial charge in [-0.1, -0.05) is 0 Å². The lowest BCUT2D eigenvalue weighted by atomic mass is 11.6. The van der Waals surface area contributed by atoms with Gasteiger partial charge >= 0.3 is 0 Å². The van der Waals surface area contributed by atoms with E-state index in [0.29, 0.717) is 0 Å². The van der Waals surface area contributed by atoms with Crippen molar-refractivity contribution in [3.05, 3.63) is 0 Å². The minimum atomic E-state index is 0.0185. The normalized spacial score (nSPS) is 8.40. The maximum Gasteiger partial charge on any atom is 0.175 e. The highest BCUT2D eigenvalue weighted by Gasteiger charge is 1.68. The number of rotatable bonds is 2. The van der Waals surface area contributed by atoms with Gasteiger partial charge in [-0.05, 0) is 0 Å². The third-order valence-electron chi connectivity index (χ3n) is 0.0962. The van der Waals surface area contributed by atoms with E-state index in [9.17, 15) is 0 Å². The Hall–Kier alpha value is 0.620. The van der Waals surface area contributed by atoms with Crippen LogP contribution in [0.3, 0.4) is 0 Å². The van der Waals surface area contributed by atoms with Gasteiger partial charge in [0.15, 0.2) is 6.79 Å². The average Bonchev–Trinajstić information content (AvgIpc) is 1.41. The third-order valence-corrected chi connectivity index (χ3v) is 0.289. The van der Waals surface area contributed by atoms with Crippen molar-refractivity contribution in [1.29, 1.82) is 0 Å². The predicted octanol–water partition coefficient (Wildman–Crippen LogP) is 1.20. The van der Waals surface area contributed by atoms with Crippen molar-refractivity contribution in [3.63, 3.8) is 0 Å². The number of hydrogen-bond acceptors (Lipinski definition) is 2. The van der Waals surface area contributed by atoms with E-state index >= 15 is 0 Å². The van der Waals surface area contributed by atoms with Crippen molar-refractivity contribution in [1.82, 2.24) is 0 Å². The van der Waals surface area contributed by atoms with Crippen LogP contribution in [0.1, 0.15) is 0 Å². The molecule has 0 saturated carbocycles. The molecule has 0 amide bonds. The molecule has 0 saturated heterocycles. The molecule has 0 N–H and O–H groups in total. The molecule has 0 heterocycles. The van der Waals surface area contributed by atoms with Gasteiger partial charge in [0.1, 0.15) is 0 Å². The van der Waals surface area contributed by atoms with Crippen molar-refractivity contribution in [3.8, 4) is 0 Å². The second kappa shape index (κ2) is 4.62. The van der Waals surface area contributed by atoms with Gasteiger partial charge in [0.05, 0.1) is 25.8 Å². The molecule has 0 fully saturated rings. The zero-order chi connectivity index (χ0) is 4.12. The summed E-state index contributed by atoms with van der Waals surface area (Å²) in [5.74, 6) is 0. The topological polar surface area (TPSA) is 18.5 Å². The summed E-state index contributed by atoms with van der Waals surface area (Å²) in [6.07, 6.45) is 0. The third kappa shape index (κ3) is 4.62. The lowest BCUT2D eigenvalue weighted by molar-refractivity contribution is 0.175. The van der Waals surface area contributed by atoms with Crippen LogP contribution in [0, 0.1) is 0 Å². The van der Waals surface area contributed by atoms with E-state index in [0.717, 1.165) is 0 Å². The smallest absolute Gasteiger partial charge is 0.175 e. The quantitative estimate of drug-likeness (QED) is 0.497. The van der Waals surface area contributed by atoms with Crippen LogP contribution in [-0.2, 0) is 8.37 Å². The summed E-state index contributed by atoms with van der Waals surface area (Å²) in [5, 5.41) is 0. The maximum absolute atomic E-state index is 3.96. The molecule has 0 bridgehead atoms. The first kappa shape index (κ1) is 5.62. The minimum Gasteiger partial charge on any atom is -0.273 e. The van der Waals surface area contributed by atoms with E-state index in [2.05, 4.69) is 34.2 Å². The van der Waals surface area contributed by atoms with Gasteiger partial charge in [0, 0.05) is 0 Å². The van der Waals surface area contributed by atoms with E-state index in [1.165, 1.54) is 0 Å². The standard InChI is InChI=1S/CH2O2S2/c4-2-1-3-5/h1H2. The molecule has 0 aliphatic heterocycles. The zero-order valence-electron chi connectivity index (χ0n) is 2.34. The molecule has 2 radical (unpaired) electrons. The van der Waals surface area contributed by atoms with Crippen LogP contribution in [0.5, 0.6) is 0 Å². The van der Waals surface area contributed by atoms with Crippen LogP contribution in [0.25, 0.3) is 0 Å². The first-order valence-electron chi connectivity index (χ1n) is 0.911. The van der Waals surface area contributed by atoms with Crippen LogP contribution in [0.15, 0.2) is 0 Å². The first-order valence-corrected chi connectivity index (χ1v) is 1.58. The van der Waals surface area contributed by atoms with E-state index in [-0.39, 0.29) is 6.79 Å². The number of hydrogen-bond donors (Lipinski definition) is 0. The van der Waals surface area contributed by atoms with Crippen LogP contribution in [-0.4, -0.2) is 6.79 Å². The molecule has 0 rings (SSSR count). The zero-order valence-corrected chi connectivity index (χ0v) is 3.97.